The van der Waals surface area contributed by atoms with Gasteiger partial charge in [-0.25, -0.2) is 4.79 Å². The number of imide groups is 1. The first-order chi connectivity index (χ1) is 9.70. The van der Waals surface area contributed by atoms with E-state index in [1.807, 2.05) is 6.07 Å². The van der Waals surface area contributed by atoms with Crippen molar-refractivity contribution >= 4 is 17.6 Å². The first kappa shape index (κ1) is 13.2. The maximum atomic E-state index is 11.7. The van der Waals surface area contributed by atoms with Crippen LogP contribution in [0.4, 0.5) is 10.5 Å². The van der Waals surface area contributed by atoms with Crippen molar-refractivity contribution in [3.8, 4) is 6.07 Å². The van der Waals surface area contributed by atoms with Crippen LogP contribution >= 0.6 is 0 Å². The van der Waals surface area contributed by atoms with Gasteiger partial charge in [-0.15, -0.1) is 0 Å². The van der Waals surface area contributed by atoms with Crippen LogP contribution in [0.3, 0.4) is 0 Å². The summed E-state index contributed by atoms with van der Waals surface area (Å²) in [5.74, 6) is -0.565. The van der Waals surface area contributed by atoms with Crippen LogP contribution in [0.15, 0.2) is 48.8 Å². The number of nitrogens with zero attached hydrogens (tertiary/aromatic N) is 2. The van der Waals surface area contributed by atoms with Crippen LogP contribution in [0.5, 0.6) is 0 Å². The van der Waals surface area contributed by atoms with E-state index >= 15 is 0 Å². The third-order valence-electron chi connectivity index (χ3n) is 2.45. The molecule has 0 fully saturated rings. The van der Waals surface area contributed by atoms with Crippen LogP contribution in [-0.4, -0.2) is 16.9 Å². The fourth-order valence-corrected chi connectivity index (χ4v) is 1.52. The lowest BCUT2D eigenvalue weighted by molar-refractivity contribution is 0.0967. The van der Waals surface area contributed by atoms with Crippen molar-refractivity contribution < 1.29 is 9.59 Å². The van der Waals surface area contributed by atoms with Gasteiger partial charge in [-0.3, -0.25) is 15.1 Å². The highest BCUT2D eigenvalue weighted by Gasteiger charge is 2.11. The van der Waals surface area contributed by atoms with E-state index in [4.69, 9.17) is 5.26 Å². The quantitative estimate of drug-likeness (QED) is 0.868. The normalized spacial score (nSPS) is 9.35. The smallest absolute Gasteiger partial charge is 0.306 e. The Labute approximate surface area is 115 Å². The zero-order valence-corrected chi connectivity index (χ0v) is 10.3. The van der Waals surface area contributed by atoms with E-state index in [0.717, 1.165) is 0 Å². The predicted molar refractivity (Wildman–Crippen MR) is 71.9 cm³/mol. The van der Waals surface area contributed by atoms with E-state index in [9.17, 15) is 9.59 Å². The summed E-state index contributed by atoms with van der Waals surface area (Å²) in [6.07, 6.45) is 2.88. The third kappa shape index (κ3) is 3.17. The van der Waals surface area contributed by atoms with Crippen LogP contribution in [0.2, 0.25) is 0 Å². The molecule has 0 spiro atoms. The zero-order valence-electron chi connectivity index (χ0n) is 10.3. The van der Waals surface area contributed by atoms with Crippen LogP contribution in [0.25, 0.3) is 0 Å². The molecule has 0 unspecified atom stereocenters. The minimum Gasteiger partial charge on any atom is -0.306 e. The molecule has 0 aliphatic rings. The second-order valence-corrected chi connectivity index (χ2v) is 3.81. The van der Waals surface area contributed by atoms with Gasteiger partial charge in [0.15, 0.2) is 0 Å². The van der Waals surface area contributed by atoms with Gasteiger partial charge in [0.25, 0.3) is 5.91 Å². The molecule has 2 aromatic rings. The highest BCUT2D eigenvalue weighted by molar-refractivity contribution is 6.08. The maximum absolute atomic E-state index is 11.7. The van der Waals surface area contributed by atoms with E-state index < -0.39 is 11.9 Å². The Balaban J connectivity index is 2.03. The number of nitriles is 1. The van der Waals surface area contributed by atoms with Crippen molar-refractivity contribution in [1.29, 1.82) is 5.26 Å². The molecule has 0 atom stereocenters. The van der Waals surface area contributed by atoms with Gasteiger partial charge in [-0.05, 0) is 24.3 Å². The Bertz CT molecular complexity index is 677. The fourth-order valence-electron chi connectivity index (χ4n) is 1.52. The highest BCUT2D eigenvalue weighted by Crippen LogP contribution is 2.13. The van der Waals surface area contributed by atoms with Gasteiger partial charge in [0.1, 0.15) is 6.07 Å². The number of urea groups is 1. The van der Waals surface area contributed by atoms with E-state index in [-0.39, 0.29) is 5.56 Å². The number of para-hydroxylation sites is 1. The topological polar surface area (TPSA) is 94.9 Å². The summed E-state index contributed by atoms with van der Waals surface area (Å²) in [6, 6.07) is 10.9. The standard InChI is InChI=1S/C14H10N4O2/c15-8-10-4-1-2-6-12(10)17-14(20)18-13(19)11-5-3-7-16-9-11/h1-7,9H,(H2,17,18,19,20). The number of anilines is 1. The lowest BCUT2D eigenvalue weighted by Gasteiger charge is -2.07. The lowest BCUT2D eigenvalue weighted by Crippen LogP contribution is -2.34. The number of amides is 3. The van der Waals surface area contributed by atoms with E-state index in [0.29, 0.717) is 11.3 Å². The second kappa shape index (κ2) is 6.11. The molecular weight excluding hydrogens is 256 g/mol. The van der Waals surface area contributed by atoms with Crippen LogP contribution in [0.1, 0.15) is 15.9 Å². The molecule has 98 valence electrons. The molecule has 20 heavy (non-hydrogen) atoms. The van der Waals surface area contributed by atoms with Gasteiger partial charge in [-0.2, -0.15) is 5.26 Å². The summed E-state index contributed by atoms with van der Waals surface area (Å²) in [5, 5.41) is 13.5. The van der Waals surface area contributed by atoms with Crippen molar-refractivity contribution in [2.24, 2.45) is 0 Å². The van der Waals surface area contributed by atoms with Crippen molar-refractivity contribution in [3.63, 3.8) is 0 Å². The van der Waals surface area contributed by atoms with E-state index in [1.165, 1.54) is 12.4 Å². The Morgan fingerprint density at radius 1 is 1.15 bits per heavy atom. The summed E-state index contributed by atoms with van der Waals surface area (Å²) in [6.45, 7) is 0. The molecule has 2 N–H and O–H groups in total. The minimum absolute atomic E-state index is 0.274. The summed E-state index contributed by atoms with van der Waals surface area (Å²) in [4.78, 5) is 27.2. The zero-order chi connectivity index (χ0) is 14.4. The van der Waals surface area contributed by atoms with Crippen LogP contribution in [-0.2, 0) is 0 Å². The number of pyridine rings is 1. The molecule has 0 radical (unpaired) electrons. The van der Waals surface area contributed by atoms with Crippen LogP contribution in [0, 0.1) is 11.3 Å². The molecule has 3 amide bonds. The fraction of sp³-hybridized carbons (Fsp3) is 0. The molecule has 0 saturated carbocycles. The minimum atomic E-state index is -0.707. The SMILES string of the molecule is N#Cc1ccccc1NC(=O)NC(=O)c1cccnc1. The summed E-state index contributed by atoms with van der Waals surface area (Å²) in [7, 11) is 0. The van der Waals surface area contributed by atoms with Gasteiger partial charge < -0.3 is 5.32 Å². The molecule has 1 heterocycles. The van der Waals surface area contributed by atoms with Gasteiger partial charge in [0, 0.05) is 12.4 Å². The first-order valence-corrected chi connectivity index (χ1v) is 5.72. The van der Waals surface area contributed by atoms with Crippen molar-refractivity contribution in [2.45, 2.75) is 0 Å². The molecule has 0 saturated heterocycles. The van der Waals surface area contributed by atoms with E-state index in [1.54, 1.807) is 36.4 Å². The molecule has 1 aromatic heterocycles. The molecule has 0 bridgehead atoms. The Kier molecular flexibility index (Phi) is 4.04. The number of hydrogen-bond donors (Lipinski definition) is 2. The van der Waals surface area contributed by atoms with Crippen molar-refractivity contribution in [2.75, 3.05) is 5.32 Å². The van der Waals surface area contributed by atoms with Crippen molar-refractivity contribution in [1.82, 2.24) is 10.3 Å². The Hall–Kier alpha value is -3.20. The molecule has 0 aliphatic carbocycles. The van der Waals surface area contributed by atoms with Gasteiger partial charge in [0.05, 0.1) is 16.8 Å². The largest absolute Gasteiger partial charge is 0.326 e. The summed E-state index contributed by atoms with van der Waals surface area (Å²) >= 11 is 0. The average molecular weight is 266 g/mol. The number of nitrogens with one attached hydrogen (secondary N) is 2. The first-order valence-electron chi connectivity index (χ1n) is 5.72. The summed E-state index contributed by atoms with van der Waals surface area (Å²) in [5.41, 5.74) is 0.930. The monoisotopic (exact) mass is 266 g/mol. The van der Waals surface area contributed by atoms with Crippen LogP contribution < -0.4 is 10.6 Å². The Morgan fingerprint density at radius 3 is 2.65 bits per heavy atom. The summed E-state index contributed by atoms with van der Waals surface area (Å²) < 4.78 is 0. The van der Waals surface area contributed by atoms with Crippen molar-refractivity contribution in [3.05, 3.63) is 59.9 Å². The van der Waals surface area contributed by atoms with Gasteiger partial charge >= 0.3 is 6.03 Å². The number of carbonyl (C=O) groups excluding carboxylic acids is 2. The van der Waals surface area contributed by atoms with E-state index in [2.05, 4.69) is 15.6 Å². The molecule has 6 nitrogen and oxygen atoms in total. The lowest BCUT2D eigenvalue weighted by atomic mass is 10.2. The maximum Gasteiger partial charge on any atom is 0.326 e. The number of aromatic nitrogens is 1. The molecule has 0 aliphatic heterocycles. The molecular formula is C14H10N4O2. The molecule has 6 heteroatoms. The average Bonchev–Trinajstić information content (AvgIpc) is 2.48. The number of rotatable bonds is 2. The molecule has 1 aromatic carbocycles. The number of benzene rings is 1. The number of hydrogen-bond acceptors (Lipinski definition) is 4. The second-order valence-electron chi connectivity index (χ2n) is 3.81. The van der Waals surface area contributed by atoms with Gasteiger partial charge in [-0.1, -0.05) is 12.1 Å². The number of carbonyl (C=O) groups is 2. The molecule has 2 rings (SSSR count). The highest BCUT2D eigenvalue weighted by atomic mass is 16.2. The van der Waals surface area contributed by atoms with Gasteiger partial charge in [0.2, 0.25) is 0 Å². The predicted octanol–water partition coefficient (Wildman–Crippen LogP) is 1.92. The Morgan fingerprint density at radius 2 is 1.95 bits per heavy atom. The third-order valence-corrected chi connectivity index (χ3v) is 2.45.